The van der Waals surface area contributed by atoms with Crippen molar-refractivity contribution in [3.05, 3.63) is 52.5 Å². The summed E-state index contributed by atoms with van der Waals surface area (Å²) >= 11 is 17.1. The average Bonchev–Trinajstić information content (AvgIpc) is 2.65. The van der Waals surface area contributed by atoms with Crippen molar-refractivity contribution in [1.29, 1.82) is 0 Å². The summed E-state index contributed by atoms with van der Waals surface area (Å²) in [6.45, 7) is 5.09. The van der Waals surface area contributed by atoms with Gasteiger partial charge < -0.3 is 20.1 Å². The quantitative estimate of drug-likeness (QED) is 0.375. The molecule has 0 atom stereocenters. The third-order valence-electron chi connectivity index (χ3n) is 3.66. The fraction of sp³-hybridized carbons (Fsp3) is 0.333. The molecule has 2 aromatic carbocycles. The van der Waals surface area contributed by atoms with Crippen LogP contribution in [0.1, 0.15) is 26.7 Å². The fourth-order valence-electron chi connectivity index (χ4n) is 2.30. The number of thiocarbonyl (C=S) groups is 1. The lowest BCUT2D eigenvalue weighted by Crippen LogP contribution is -2.34. The van der Waals surface area contributed by atoms with Gasteiger partial charge in [-0.1, -0.05) is 49.2 Å². The van der Waals surface area contributed by atoms with Gasteiger partial charge in [0.15, 0.2) is 5.11 Å². The van der Waals surface area contributed by atoms with Crippen molar-refractivity contribution in [2.45, 2.75) is 26.7 Å². The first-order valence-corrected chi connectivity index (χ1v) is 10.4. The lowest BCUT2D eigenvalue weighted by molar-refractivity contribution is -0.119. The molecule has 2 rings (SSSR count). The average molecular weight is 455 g/mol. The molecule has 156 valence electrons. The molecule has 0 aliphatic carbocycles. The highest BCUT2D eigenvalue weighted by atomic mass is 35.5. The van der Waals surface area contributed by atoms with Crippen LogP contribution in [-0.2, 0) is 4.79 Å². The number of hydrogen-bond donors (Lipinski definition) is 2. The Hall–Kier alpha value is -2.02. The number of benzene rings is 2. The van der Waals surface area contributed by atoms with E-state index in [0.717, 1.165) is 0 Å². The maximum Gasteiger partial charge on any atom is 0.226 e. The minimum atomic E-state index is -0.200. The van der Waals surface area contributed by atoms with Crippen LogP contribution in [-0.4, -0.2) is 24.2 Å². The molecule has 0 saturated heterocycles. The number of halogens is 2. The second-order valence-corrected chi connectivity index (χ2v) is 7.98. The van der Waals surface area contributed by atoms with E-state index in [9.17, 15) is 4.79 Å². The van der Waals surface area contributed by atoms with Crippen molar-refractivity contribution in [3.63, 3.8) is 0 Å². The normalized spacial score (nSPS) is 10.5. The minimum Gasteiger partial charge on any atom is -0.492 e. The summed E-state index contributed by atoms with van der Waals surface area (Å²) in [7, 11) is 0. The van der Waals surface area contributed by atoms with E-state index in [1.807, 2.05) is 24.3 Å². The maximum absolute atomic E-state index is 12.1. The molecule has 29 heavy (non-hydrogen) atoms. The van der Waals surface area contributed by atoms with Gasteiger partial charge in [-0.15, -0.1) is 0 Å². The van der Waals surface area contributed by atoms with Gasteiger partial charge in [-0.25, -0.2) is 0 Å². The predicted molar refractivity (Wildman–Crippen MR) is 122 cm³/mol. The van der Waals surface area contributed by atoms with Gasteiger partial charge in [0.05, 0.1) is 23.9 Å². The Morgan fingerprint density at radius 1 is 1.10 bits per heavy atom. The molecule has 0 saturated carbocycles. The third kappa shape index (κ3) is 8.48. The molecule has 2 aromatic rings. The first kappa shape index (κ1) is 23.3. The Bertz CT molecular complexity index is 846. The molecule has 0 aliphatic rings. The maximum atomic E-state index is 12.1. The van der Waals surface area contributed by atoms with Gasteiger partial charge in [0.1, 0.15) is 11.5 Å². The van der Waals surface area contributed by atoms with Gasteiger partial charge in [-0.2, -0.15) is 0 Å². The lowest BCUT2D eigenvalue weighted by Gasteiger charge is -2.15. The molecule has 0 aliphatic heterocycles. The molecule has 0 unspecified atom stereocenters. The Labute approximate surface area is 186 Å². The number of anilines is 1. The fourth-order valence-corrected chi connectivity index (χ4v) is 2.99. The van der Waals surface area contributed by atoms with Crippen molar-refractivity contribution < 1.29 is 14.3 Å². The number of ether oxygens (including phenoxy) is 2. The first-order valence-electron chi connectivity index (χ1n) is 9.25. The monoisotopic (exact) mass is 454 g/mol. The number of para-hydroxylation sites is 2. The van der Waals surface area contributed by atoms with E-state index in [1.54, 1.807) is 18.2 Å². The van der Waals surface area contributed by atoms with E-state index < -0.39 is 0 Å². The van der Waals surface area contributed by atoms with Gasteiger partial charge in [0.25, 0.3) is 0 Å². The number of hydrogen-bond acceptors (Lipinski definition) is 4. The van der Waals surface area contributed by atoms with Crippen molar-refractivity contribution in [1.82, 2.24) is 5.32 Å². The highest BCUT2D eigenvalue weighted by molar-refractivity contribution is 7.80. The van der Waals surface area contributed by atoms with Crippen molar-refractivity contribution in [2.75, 3.05) is 18.5 Å². The molecule has 0 aromatic heterocycles. The van der Waals surface area contributed by atoms with Crippen LogP contribution in [0.4, 0.5) is 5.69 Å². The van der Waals surface area contributed by atoms with Gasteiger partial charge in [0, 0.05) is 11.4 Å². The van der Waals surface area contributed by atoms with Crippen LogP contribution in [0, 0.1) is 5.92 Å². The van der Waals surface area contributed by atoms with Crippen molar-refractivity contribution in [2.24, 2.45) is 5.92 Å². The molecule has 0 spiro atoms. The summed E-state index contributed by atoms with van der Waals surface area (Å²) in [5.41, 5.74) is 0.708. The summed E-state index contributed by atoms with van der Waals surface area (Å²) in [4.78, 5) is 12.1. The van der Waals surface area contributed by atoms with E-state index >= 15 is 0 Å². The molecular weight excluding hydrogens is 431 g/mol. The summed E-state index contributed by atoms with van der Waals surface area (Å²) in [6.07, 6.45) is 0.778. The second-order valence-electron chi connectivity index (χ2n) is 6.73. The lowest BCUT2D eigenvalue weighted by atomic mass is 10.2. The number of rotatable bonds is 9. The summed E-state index contributed by atoms with van der Waals surface area (Å²) < 4.78 is 11.3. The van der Waals surface area contributed by atoms with E-state index in [4.69, 9.17) is 44.9 Å². The number of carbonyl (C=O) groups is 1. The Morgan fingerprint density at radius 2 is 1.86 bits per heavy atom. The summed E-state index contributed by atoms with van der Waals surface area (Å²) in [6, 6.07) is 12.5. The molecule has 5 nitrogen and oxygen atoms in total. The molecule has 0 fully saturated rings. The van der Waals surface area contributed by atoms with Crippen LogP contribution in [0.3, 0.4) is 0 Å². The molecular formula is C21H24Cl2N2O3S. The molecule has 0 heterocycles. The number of carbonyl (C=O) groups excluding carboxylic acids is 1. The van der Waals surface area contributed by atoms with Crippen LogP contribution >= 0.6 is 35.4 Å². The van der Waals surface area contributed by atoms with E-state index in [0.29, 0.717) is 52.8 Å². The number of nitrogens with one attached hydrogen (secondary N) is 2. The van der Waals surface area contributed by atoms with E-state index in [1.165, 1.54) is 0 Å². The third-order valence-corrected chi connectivity index (χ3v) is 4.39. The van der Waals surface area contributed by atoms with Crippen molar-refractivity contribution in [3.8, 4) is 11.5 Å². The topological polar surface area (TPSA) is 59.6 Å². The van der Waals surface area contributed by atoms with Crippen LogP contribution in [0.5, 0.6) is 11.5 Å². The highest BCUT2D eigenvalue weighted by Gasteiger charge is 2.09. The van der Waals surface area contributed by atoms with Gasteiger partial charge in [0.2, 0.25) is 5.91 Å². The molecule has 2 N–H and O–H groups in total. The second kappa shape index (κ2) is 11.9. The molecule has 0 radical (unpaired) electrons. The van der Waals surface area contributed by atoms with E-state index in [2.05, 4.69) is 24.5 Å². The Morgan fingerprint density at radius 3 is 2.59 bits per heavy atom. The number of amides is 1. The smallest absolute Gasteiger partial charge is 0.226 e. The van der Waals surface area contributed by atoms with E-state index in [-0.39, 0.29) is 17.4 Å². The SMILES string of the molecule is CC(C)COc1ccccc1NC(=S)NC(=O)CCCOc1ccc(Cl)cc1Cl. The summed E-state index contributed by atoms with van der Waals surface area (Å²) in [5, 5.41) is 6.87. The van der Waals surface area contributed by atoms with Gasteiger partial charge in [-0.3, -0.25) is 4.79 Å². The van der Waals surface area contributed by atoms with Crippen LogP contribution < -0.4 is 20.1 Å². The summed E-state index contributed by atoms with van der Waals surface area (Å²) in [5.74, 6) is 1.42. The van der Waals surface area contributed by atoms with Crippen LogP contribution in [0.2, 0.25) is 10.0 Å². The highest BCUT2D eigenvalue weighted by Crippen LogP contribution is 2.27. The minimum absolute atomic E-state index is 0.200. The zero-order valence-electron chi connectivity index (χ0n) is 16.3. The van der Waals surface area contributed by atoms with Gasteiger partial charge in [-0.05, 0) is 54.9 Å². The standard InChI is InChI=1S/C21H24Cl2N2O3S/c1-14(2)13-28-19-7-4-3-6-17(19)24-21(29)25-20(26)8-5-11-27-18-10-9-15(22)12-16(18)23/h3-4,6-7,9-10,12,14H,5,8,11,13H2,1-2H3,(H2,24,25,26,29). The predicted octanol–water partition coefficient (Wildman–Crippen LogP) is 5.70. The zero-order valence-corrected chi connectivity index (χ0v) is 18.7. The Balaban J connectivity index is 1.74. The molecule has 8 heteroatoms. The van der Waals surface area contributed by atoms with Crippen LogP contribution in [0.25, 0.3) is 0 Å². The van der Waals surface area contributed by atoms with Crippen molar-refractivity contribution >= 4 is 52.1 Å². The largest absolute Gasteiger partial charge is 0.492 e. The Kier molecular flexibility index (Phi) is 9.51. The van der Waals surface area contributed by atoms with Crippen LogP contribution in [0.15, 0.2) is 42.5 Å². The van der Waals surface area contributed by atoms with Gasteiger partial charge >= 0.3 is 0 Å². The zero-order chi connectivity index (χ0) is 21.2. The first-order chi connectivity index (χ1) is 13.8. The molecule has 1 amide bonds. The molecule has 0 bridgehead atoms.